The fraction of sp³-hybridized carbons (Fsp3) is 0.800. The Morgan fingerprint density at radius 2 is 2.36 bits per heavy atom. The summed E-state index contributed by atoms with van der Waals surface area (Å²) in [6.45, 7) is -0.412. The Morgan fingerprint density at radius 3 is 2.55 bits per heavy atom. The zero-order chi connectivity index (χ0) is 8.65. The van der Waals surface area contributed by atoms with Gasteiger partial charge in [0.2, 0.25) is 0 Å². The summed E-state index contributed by atoms with van der Waals surface area (Å²) in [5, 5.41) is 8.55. The van der Waals surface area contributed by atoms with Gasteiger partial charge < -0.3 is 5.11 Å². The first-order valence-corrected chi connectivity index (χ1v) is 3.93. The molecular formula is C5H6F2INO2. The topological polar surface area (TPSA) is 40.5 Å². The van der Waals surface area contributed by atoms with E-state index >= 15 is 0 Å². The van der Waals surface area contributed by atoms with Gasteiger partial charge in [-0.3, -0.25) is 7.91 Å². The number of nitrogens with zero attached hydrogens (tertiary/aromatic N) is 1. The Morgan fingerprint density at radius 1 is 1.82 bits per heavy atom. The summed E-state index contributed by atoms with van der Waals surface area (Å²) in [6.07, 6.45) is -0.578. The molecule has 0 saturated carbocycles. The quantitative estimate of drug-likeness (QED) is 0.562. The maximum absolute atomic E-state index is 12.5. The van der Waals surface area contributed by atoms with Crippen molar-refractivity contribution < 1.29 is 18.7 Å². The SMILES string of the molecule is O=C1N(I)[C@@H](CO)CC1(F)F. The van der Waals surface area contributed by atoms with Crippen LogP contribution < -0.4 is 0 Å². The molecule has 1 saturated heterocycles. The van der Waals surface area contributed by atoms with Gasteiger partial charge in [0.1, 0.15) is 0 Å². The van der Waals surface area contributed by atoms with Gasteiger partial charge in [-0.15, -0.1) is 0 Å². The molecule has 0 aliphatic carbocycles. The standard InChI is InChI=1S/C5H6F2INO2/c6-5(7)1-3(2-10)9(8)4(5)11/h3,10H,1-2H2/t3-/m1/s1. The smallest absolute Gasteiger partial charge is 0.327 e. The number of carbonyl (C=O) groups is 1. The first-order chi connectivity index (χ1) is 4.99. The van der Waals surface area contributed by atoms with Crippen LogP contribution in [0.15, 0.2) is 0 Å². The van der Waals surface area contributed by atoms with E-state index in [1.807, 2.05) is 0 Å². The van der Waals surface area contributed by atoms with Gasteiger partial charge in [-0.25, -0.2) is 0 Å². The van der Waals surface area contributed by atoms with Crippen LogP contribution in [0.2, 0.25) is 0 Å². The van der Waals surface area contributed by atoms with Gasteiger partial charge in [0, 0.05) is 6.42 Å². The molecule has 0 radical (unpaired) electrons. The summed E-state index contributed by atoms with van der Waals surface area (Å²) < 4.78 is 25.9. The lowest BCUT2D eigenvalue weighted by Gasteiger charge is -2.11. The van der Waals surface area contributed by atoms with Gasteiger partial charge in [-0.05, 0) is 0 Å². The van der Waals surface area contributed by atoms with Crippen molar-refractivity contribution in [3.8, 4) is 0 Å². The zero-order valence-corrected chi connectivity index (χ0v) is 7.59. The van der Waals surface area contributed by atoms with Crippen LogP contribution in [0.25, 0.3) is 0 Å². The minimum Gasteiger partial charge on any atom is -0.394 e. The minimum atomic E-state index is -3.28. The number of alkyl halides is 2. The Hall–Kier alpha value is 0.0200. The molecule has 1 aliphatic rings. The van der Waals surface area contributed by atoms with E-state index in [1.165, 1.54) is 22.9 Å². The van der Waals surface area contributed by atoms with E-state index in [9.17, 15) is 13.6 Å². The molecule has 1 amide bonds. The number of aliphatic hydroxyl groups is 1. The Balaban J connectivity index is 2.77. The van der Waals surface area contributed by atoms with Gasteiger partial charge in [0.25, 0.3) is 0 Å². The molecule has 1 aliphatic heterocycles. The van der Waals surface area contributed by atoms with Crippen molar-refractivity contribution in [2.45, 2.75) is 18.4 Å². The molecule has 1 heterocycles. The van der Waals surface area contributed by atoms with Crippen LogP contribution in [-0.4, -0.2) is 32.7 Å². The summed E-state index contributed by atoms with van der Waals surface area (Å²) in [4.78, 5) is 10.7. The van der Waals surface area contributed by atoms with Crippen molar-refractivity contribution in [3.05, 3.63) is 0 Å². The predicted octanol–water partition coefficient (Wildman–Crippen LogP) is 0.565. The second-order valence-electron chi connectivity index (χ2n) is 2.36. The van der Waals surface area contributed by atoms with E-state index in [0.29, 0.717) is 0 Å². The summed E-state index contributed by atoms with van der Waals surface area (Å²) in [5.41, 5.74) is 0. The first kappa shape index (κ1) is 9.11. The van der Waals surface area contributed by atoms with Crippen LogP contribution in [0, 0.1) is 0 Å². The maximum Gasteiger partial charge on any atom is 0.327 e. The number of hydrogen-bond donors (Lipinski definition) is 1. The normalized spacial score (nSPS) is 29.6. The number of amides is 1. The lowest BCUT2D eigenvalue weighted by molar-refractivity contribution is -0.143. The van der Waals surface area contributed by atoms with E-state index in [-0.39, 0.29) is 0 Å². The third-order valence-corrected chi connectivity index (χ3v) is 2.76. The van der Waals surface area contributed by atoms with Crippen molar-refractivity contribution in [1.82, 2.24) is 3.11 Å². The van der Waals surface area contributed by atoms with Crippen LogP contribution in [-0.2, 0) is 4.79 Å². The van der Waals surface area contributed by atoms with Gasteiger partial charge in [0.15, 0.2) is 0 Å². The molecular weight excluding hydrogens is 271 g/mol. The second-order valence-corrected chi connectivity index (χ2v) is 3.40. The van der Waals surface area contributed by atoms with Crippen LogP contribution in [0.1, 0.15) is 6.42 Å². The third-order valence-electron chi connectivity index (χ3n) is 1.53. The number of aliphatic hydroxyl groups excluding tert-OH is 1. The summed E-state index contributed by atoms with van der Waals surface area (Å²) >= 11 is 1.49. The van der Waals surface area contributed by atoms with Crippen LogP contribution >= 0.6 is 22.9 Å². The van der Waals surface area contributed by atoms with E-state index in [1.54, 1.807) is 0 Å². The van der Waals surface area contributed by atoms with E-state index in [0.717, 1.165) is 3.11 Å². The van der Waals surface area contributed by atoms with Crippen LogP contribution in [0.3, 0.4) is 0 Å². The maximum atomic E-state index is 12.5. The van der Waals surface area contributed by atoms with Crippen molar-refractivity contribution in [2.24, 2.45) is 0 Å². The Kier molecular flexibility index (Phi) is 2.33. The van der Waals surface area contributed by atoms with Gasteiger partial charge in [0.05, 0.1) is 35.5 Å². The van der Waals surface area contributed by atoms with Gasteiger partial charge >= 0.3 is 11.8 Å². The molecule has 6 heteroatoms. The van der Waals surface area contributed by atoms with E-state index in [4.69, 9.17) is 5.11 Å². The average molecular weight is 277 g/mol. The van der Waals surface area contributed by atoms with Gasteiger partial charge in [-0.2, -0.15) is 8.78 Å². The molecule has 64 valence electrons. The van der Waals surface area contributed by atoms with Gasteiger partial charge in [-0.1, -0.05) is 0 Å². The molecule has 0 aromatic heterocycles. The molecule has 1 rings (SSSR count). The highest BCUT2D eigenvalue weighted by molar-refractivity contribution is 14.1. The Bertz CT molecular complexity index is 187. The van der Waals surface area contributed by atoms with Crippen molar-refractivity contribution >= 4 is 28.8 Å². The summed E-state index contributed by atoms with van der Waals surface area (Å²) in [5.74, 6) is -4.49. The number of carbonyl (C=O) groups excluding carboxylic acids is 1. The highest BCUT2D eigenvalue weighted by Gasteiger charge is 2.52. The minimum absolute atomic E-state index is 0.412. The van der Waals surface area contributed by atoms with Crippen LogP contribution in [0.4, 0.5) is 8.78 Å². The lowest BCUT2D eigenvalue weighted by Crippen LogP contribution is -2.29. The fourth-order valence-electron chi connectivity index (χ4n) is 0.922. The molecule has 0 spiro atoms. The predicted molar refractivity (Wildman–Crippen MR) is 41.3 cm³/mol. The van der Waals surface area contributed by atoms with Crippen molar-refractivity contribution in [2.75, 3.05) is 6.61 Å². The monoisotopic (exact) mass is 277 g/mol. The third kappa shape index (κ3) is 1.46. The highest BCUT2D eigenvalue weighted by atomic mass is 127. The van der Waals surface area contributed by atoms with Crippen molar-refractivity contribution in [3.63, 3.8) is 0 Å². The molecule has 11 heavy (non-hydrogen) atoms. The Labute approximate surface area is 75.9 Å². The largest absolute Gasteiger partial charge is 0.394 e. The average Bonchev–Trinajstić information content (AvgIpc) is 2.13. The molecule has 0 aromatic rings. The van der Waals surface area contributed by atoms with Crippen LogP contribution in [0.5, 0.6) is 0 Å². The number of hydrogen-bond acceptors (Lipinski definition) is 2. The molecule has 1 fully saturated rings. The fourth-order valence-corrected chi connectivity index (χ4v) is 1.65. The van der Waals surface area contributed by atoms with E-state index in [2.05, 4.69) is 0 Å². The molecule has 0 aromatic carbocycles. The zero-order valence-electron chi connectivity index (χ0n) is 5.43. The second kappa shape index (κ2) is 2.81. The first-order valence-electron chi connectivity index (χ1n) is 2.97. The lowest BCUT2D eigenvalue weighted by atomic mass is 10.2. The number of halogens is 3. The number of rotatable bonds is 1. The molecule has 3 nitrogen and oxygen atoms in total. The molecule has 1 N–H and O–H groups in total. The summed E-state index contributed by atoms with van der Waals surface area (Å²) in [7, 11) is 0. The highest BCUT2D eigenvalue weighted by Crippen LogP contribution is 2.35. The molecule has 0 unspecified atom stereocenters. The van der Waals surface area contributed by atoms with Crippen molar-refractivity contribution in [1.29, 1.82) is 0 Å². The molecule has 1 atom stereocenters. The molecule has 0 bridgehead atoms. The van der Waals surface area contributed by atoms with E-state index < -0.39 is 30.9 Å². The summed E-state index contributed by atoms with van der Waals surface area (Å²) in [6, 6.07) is -0.738.